The summed E-state index contributed by atoms with van der Waals surface area (Å²) < 4.78 is 26.4. The molecular formula is C65H124O4S4. The van der Waals surface area contributed by atoms with Crippen molar-refractivity contribution in [1.29, 1.82) is 0 Å². The van der Waals surface area contributed by atoms with Gasteiger partial charge in [0.15, 0.2) is 20.2 Å². The van der Waals surface area contributed by atoms with Gasteiger partial charge in [-0.15, -0.1) is 0 Å². The molecule has 0 aliphatic heterocycles. The zero-order valence-electron chi connectivity index (χ0n) is 50.0. The largest absolute Gasteiger partial charge is 0.486 e. The van der Waals surface area contributed by atoms with Gasteiger partial charge in [0.25, 0.3) is 0 Å². The van der Waals surface area contributed by atoms with Crippen molar-refractivity contribution in [2.45, 2.75) is 338 Å². The van der Waals surface area contributed by atoms with Gasteiger partial charge >= 0.3 is 0 Å². The first-order valence-electron chi connectivity index (χ1n) is 32.2. The molecule has 0 amide bonds. The van der Waals surface area contributed by atoms with Gasteiger partial charge in [0, 0.05) is 25.7 Å². The fraction of sp³-hybridized carbons (Fsp3) is 0.938. The lowest BCUT2D eigenvalue weighted by atomic mass is 9.91. The maximum absolute atomic E-state index is 6.60. The predicted octanol–water partition coefficient (Wildman–Crippen LogP) is 23.1. The summed E-state index contributed by atoms with van der Waals surface area (Å²) in [6.07, 6.45) is 54.8. The quantitative estimate of drug-likeness (QED) is 0.0441. The molecule has 0 heterocycles. The van der Waals surface area contributed by atoms with Gasteiger partial charge in [-0.3, -0.25) is 0 Å². The standard InChI is InChI=1S/C65H124O4S4/c1-9-17-21-25-29-33-41-57(13-5)45-37-49-61(70)66-53-65(54-67-62(71)50-38-46-58(14-6)42-34-30-26-22-18-10-2,55-68-63(72)51-39-47-59(15-7)43-35-31-27-23-19-11-3)56-69-64(73)52-40-48-60(16-8)44-36-32-28-24-20-12-4/h57-60H,9-56H2,1-8H3. The molecule has 0 aliphatic carbocycles. The van der Waals surface area contributed by atoms with Crippen molar-refractivity contribution in [3.8, 4) is 0 Å². The van der Waals surface area contributed by atoms with E-state index < -0.39 is 5.41 Å². The summed E-state index contributed by atoms with van der Waals surface area (Å²) in [5.74, 6) is 3.00. The van der Waals surface area contributed by atoms with Gasteiger partial charge in [0.1, 0.15) is 31.8 Å². The summed E-state index contributed by atoms with van der Waals surface area (Å²) in [6.45, 7) is 19.8. The van der Waals surface area contributed by atoms with Crippen LogP contribution in [0, 0.1) is 29.1 Å². The van der Waals surface area contributed by atoms with Crippen molar-refractivity contribution in [2.24, 2.45) is 29.1 Å². The van der Waals surface area contributed by atoms with E-state index in [1.54, 1.807) is 0 Å². The molecule has 4 unspecified atom stereocenters. The normalized spacial score (nSPS) is 14.0. The van der Waals surface area contributed by atoms with Crippen molar-refractivity contribution in [3.63, 3.8) is 0 Å². The second kappa shape index (κ2) is 53.6. The summed E-state index contributed by atoms with van der Waals surface area (Å²) in [4.78, 5) is 0. The Hall–Kier alpha value is -0.440. The number of hydrogen-bond acceptors (Lipinski definition) is 8. The van der Waals surface area contributed by atoms with E-state index in [1.165, 1.54) is 231 Å². The molecule has 0 N–H and O–H groups in total. The first-order valence-corrected chi connectivity index (χ1v) is 33.8. The number of thiocarbonyl (C=S) groups is 4. The Morgan fingerprint density at radius 2 is 0.438 bits per heavy atom. The average Bonchev–Trinajstić information content (AvgIpc) is 3.39. The van der Waals surface area contributed by atoms with E-state index in [1.807, 2.05) is 0 Å². The molecule has 0 saturated carbocycles. The van der Waals surface area contributed by atoms with Crippen molar-refractivity contribution in [3.05, 3.63) is 0 Å². The number of unbranched alkanes of at least 4 members (excludes halogenated alkanes) is 20. The minimum absolute atomic E-state index is 0.317. The molecule has 0 bridgehead atoms. The smallest absolute Gasteiger partial charge is 0.159 e. The molecular weight excluding hydrogens is 973 g/mol. The first-order chi connectivity index (χ1) is 35.5. The van der Waals surface area contributed by atoms with Crippen LogP contribution in [0.4, 0.5) is 0 Å². The lowest BCUT2D eigenvalue weighted by Crippen LogP contribution is -2.43. The molecule has 73 heavy (non-hydrogen) atoms. The fourth-order valence-electron chi connectivity index (χ4n) is 10.7. The molecule has 8 heteroatoms. The van der Waals surface area contributed by atoms with E-state index in [9.17, 15) is 0 Å². The van der Waals surface area contributed by atoms with Crippen molar-refractivity contribution in [1.82, 2.24) is 0 Å². The van der Waals surface area contributed by atoms with Crippen molar-refractivity contribution < 1.29 is 18.9 Å². The molecule has 0 fully saturated rings. The third kappa shape index (κ3) is 45.2. The lowest BCUT2D eigenvalue weighted by molar-refractivity contribution is -0.0163. The molecule has 0 radical (unpaired) electrons. The van der Waals surface area contributed by atoms with Crippen LogP contribution in [0.5, 0.6) is 0 Å². The Kier molecular flexibility index (Phi) is 53.2. The Labute approximate surface area is 478 Å². The van der Waals surface area contributed by atoms with Crippen LogP contribution in [0.15, 0.2) is 0 Å². The highest BCUT2D eigenvalue weighted by Crippen LogP contribution is 2.28. The molecule has 4 nitrogen and oxygen atoms in total. The van der Waals surface area contributed by atoms with Gasteiger partial charge in [0.2, 0.25) is 0 Å². The summed E-state index contributed by atoms with van der Waals surface area (Å²) in [5.41, 5.74) is -0.691. The molecule has 0 aromatic rings. The molecule has 4 atom stereocenters. The highest BCUT2D eigenvalue weighted by atomic mass is 32.1. The van der Waals surface area contributed by atoms with Gasteiger partial charge < -0.3 is 18.9 Å². The van der Waals surface area contributed by atoms with E-state index in [2.05, 4.69) is 55.4 Å². The zero-order valence-corrected chi connectivity index (χ0v) is 53.3. The van der Waals surface area contributed by atoms with Crippen LogP contribution >= 0.6 is 48.9 Å². The summed E-state index contributed by atoms with van der Waals surface area (Å²) in [6, 6.07) is 0. The third-order valence-electron chi connectivity index (χ3n) is 16.3. The monoisotopic (exact) mass is 1100 g/mol. The Bertz CT molecular complexity index is 1070. The second-order valence-corrected chi connectivity index (χ2v) is 24.9. The van der Waals surface area contributed by atoms with Crippen LogP contribution in [0.1, 0.15) is 338 Å². The molecule has 0 saturated heterocycles. The van der Waals surface area contributed by atoms with Crippen LogP contribution in [0.2, 0.25) is 0 Å². The number of rotatable bonds is 56. The Balaban J connectivity index is 6.03. The molecule has 0 aromatic carbocycles. The van der Waals surface area contributed by atoms with E-state index in [0.717, 1.165) is 75.0 Å². The minimum Gasteiger partial charge on any atom is -0.486 e. The molecule has 432 valence electrons. The highest BCUT2D eigenvalue weighted by molar-refractivity contribution is 7.80. The fourth-order valence-corrected chi connectivity index (χ4v) is 11.5. The first kappa shape index (κ1) is 72.6. The van der Waals surface area contributed by atoms with Crippen LogP contribution in [0.25, 0.3) is 0 Å². The Morgan fingerprint density at radius 3 is 0.630 bits per heavy atom. The van der Waals surface area contributed by atoms with Gasteiger partial charge in [-0.05, 0) is 124 Å². The molecule has 0 rings (SSSR count). The van der Waals surface area contributed by atoms with Gasteiger partial charge in [-0.25, -0.2) is 0 Å². The van der Waals surface area contributed by atoms with Crippen LogP contribution in [-0.4, -0.2) is 46.6 Å². The maximum atomic E-state index is 6.60. The van der Waals surface area contributed by atoms with E-state index in [0.29, 0.717) is 46.6 Å². The van der Waals surface area contributed by atoms with Crippen molar-refractivity contribution >= 4 is 69.1 Å². The molecule has 0 aliphatic rings. The molecule has 0 spiro atoms. The summed E-state index contributed by atoms with van der Waals surface area (Å²) >= 11 is 24.0. The van der Waals surface area contributed by atoms with Crippen LogP contribution in [-0.2, 0) is 18.9 Å². The minimum atomic E-state index is -0.691. The highest BCUT2D eigenvalue weighted by Gasteiger charge is 2.37. The SMILES string of the molecule is CCCCCCCCC(CC)CCCC(=S)OCC(COC(=S)CCCC(CC)CCCCCCCC)(COC(=S)CCCC(CC)CCCCCCCC)COC(=S)CCCC(CC)CCCCCCCC. The number of hydrogen-bond donors (Lipinski definition) is 0. The summed E-state index contributed by atoms with van der Waals surface area (Å²) in [5, 5.41) is 2.65. The maximum Gasteiger partial charge on any atom is 0.159 e. The Morgan fingerprint density at radius 1 is 0.260 bits per heavy atom. The third-order valence-corrected chi connectivity index (χ3v) is 17.6. The average molecular weight is 1100 g/mol. The van der Waals surface area contributed by atoms with Gasteiger partial charge in [-0.1, -0.05) is 261 Å². The van der Waals surface area contributed by atoms with Gasteiger partial charge in [0.05, 0.1) is 0 Å². The van der Waals surface area contributed by atoms with Crippen molar-refractivity contribution in [2.75, 3.05) is 26.4 Å². The topological polar surface area (TPSA) is 36.9 Å². The predicted molar refractivity (Wildman–Crippen MR) is 339 cm³/mol. The lowest BCUT2D eigenvalue weighted by Gasteiger charge is -2.33. The van der Waals surface area contributed by atoms with E-state index in [4.69, 9.17) is 67.8 Å². The van der Waals surface area contributed by atoms with Crippen LogP contribution < -0.4 is 0 Å². The van der Waals surface area contributed by atoms with Crippen LogP contribution in [0.3, 0.4) is 0 Å². The van der Waals surface area contributed by atoms with E-state index >= 15 is 0 Å². The van der Waals surface area contributed by atoms with Gasteiger partial charge in [-0.2, -0.15) is 0 Å². The summed E-state index contributed by atoms with van der Waals surface area (Å²) in [7, 11) is 0. The number of ether oxygens (including phenoxy) is 4. The van der Waals surface area contributed by atoms with E-state index in [-0.39, 0.29) is 0 Å². The zero-order chi connectivity index (χ0) is 53.9. The second-order valence-electron chi connectivity index (χ2n) is 23.0. The molecule has 0 aromatic heterocycles.